The Morgan fingerprint density at radius 3 is 2.64 bits per heavy atom. The van der Waals surface area contributed by atoms with Gasteiger partial charge in [-0.05, 0) is 24.4 Å². The van der Waals surface area contributed by atoms with Crippen LogP contribution < -0.4 is 10.0 Å². The predicted octanol–water partition coefficient (Wildman–Crippen LogP) is 2.73. The van der Waals surface area contributed by atoms with Crippen LogP contribution in [0.5, 0.6) is 0 Å². The number of hydrogen-bond acceptors (Lipinski definition) is 6. The molecule has 2 rings (SSSR count). The number of thiophene rings is 1. The van der Waals surface area contributed by atoms with Gasteiger partial charge in [0.15, 0.2) is 6.61 Å². The monoisotopic (exact) mass is 363 g/mol. The lowest BCUT2D eigenvalue weighted by molar-refractivity contribution is -0.620. The molecule has 0 aliphatic rings. The van der Waals surface area contributed by atoms with E-state index < -0.39 is 11.4 Å². The van der Waals surface area contributed by atoms with Crippen molar-refractivity contribution in [1.29, 1.82) is 0 Å². The molecule has 1 N–H and O–H groups in total. The number of aromatic nitrogens is 2. The van der Waals surface area contributed by atoms with Gasteiger partial charge in [-0.1, -0.05) is 20.8 Å². The van der Waals surface area contributed by atoms with Gasteiger partial charge < -0.3 is 15.3 Å². The fourth-order valence-corrected chi connectivity index (χ4v) is 2.99. The summed E-state index contributed by atoms with van der Waals surface area (Å²) >= 11 is 1.32. The smallest absolute Gasteiger partial charge is 0.342 e. The Labute approximate surface area is 150 Å². The summed E-state index contributed by atoms with van der Waals surface area (Å²) in [5.74, 6) is -0.706. The van der Waals surface area contributed by atoms with E-state index in [9.17, 15) is 14.8 Å². The molecule has 2 aromatic heterocycles. The summed E-state index contributed by atoms with van der Waals surface area (Å²) in [6.07, 6.45) is 2.73. The van der Waals surface area contributed by atoms with Crippen LogP contribution in [0.2, 0.25) is 0 Å². The molecule has 0 aromatic carbocycles. The van der Waals surface area contributed by atoms with Crippen LogP contribution in [0.4, 0.5) is 5.00 Å². The predicted molar refractivity (Wildman–Crippen MR) is 94.2 cm³/mol. The normalized spacial score (nSPS) is 11.2. The van der Waals surface area contributed by atoms with Crippen molar-refractivity contribution in [3.05, 3.63) is 45.5 Å². The van der Waals surface area contributed by atoms with Crippen molar-refractivity contribution >= 4 is 28.2 Å². The van der Waals surface area contributed by atoms with E-state index in [-0.39, 0.29) is 18.3 Å². The van der Waals surface area contributed by atoms with E-state index in [1.165, 1.54) is 29.8 Å². The number of carbonyl (C=O) groups is 2. The molecule has 0 radical (unpaired) electrons. The third kappa shape index (κ3) is 4.33. The highest BCUT2D eigenvalue weighted by atomic mass is 32.1. The van der Waals surface area contributed by atoms with Crippen LogP contribution in [0, 0.1) is 24.5 Å². The van der Waals surface area contributed by atoms with Crippen LogP contribution in [0.15, 0.2) is 18.5 Å². The molecule has 25 heavy (non-hydrogen) atoms. The maximum atomic E-state index is 12.5. The zero-order chi connectivity index (χ0) is 18.8. The minimum atomic E-state index is -0.600. The second kappa shape index (κ2) is 7.18. The summed E-state index contributed by atoms with van der Waals surface area (Å²) < 4.78 is 5.77. The summed E-state index contributed by atoms with van der Waals surface area (Å²) in [5.41, 5.74) is 0.471. The molecule has 0 saturated heterocycles. The van der Waals surface area contributed by atoms with E-state index in [0.29, 0.717) is 15.3 Å². The minimum Gasteiger partial charge on any atom is -0.711 e. The van der Waals surface area contributed by atoms with Crippen molar-refractivity contribution in [2.24, 2.45) is 5.41 Å². The fraction of sp³-hybridized carbons (Fsp3) is 0.412. The molecule has 0 aliphatic heterocycles. The molecular weight excluding hydrogens is 342 g/mol. The van der Waals surface area contributed by atoms with Crippen molar-refractivity contribution in [3.63, 3.8) is 0 Å². The van der Waals surface area contributed by atoms with E-state index in [2.05, 4.69) is 10.3 Å². The van der Waals surface area contributed by atoms with Gasteiger partial charge in [-0.3, -0.25) is 4.79 Å². The van der Waals surface area contributed by atoms with Gasteiger partial charge in [-0.15, -0.1) is 11.3 Å². The molecule has 1 amide bonds. The molecule has 8 heteroatoms. The van der Waals surface area contributed by atoms with Gasteiger partial charge in [-0.25, -0.2) is 9.52 Å². The largest absolute Gasteiger partial charge is 0.711 e. The van der Waals surface area contributed by atoms with Crippen LogP contribution in [-0.4, -0.2) is 16.9 Å². The van der Waals surface area contributed by atoms with Crippen molar-refractivity contribution in [2.45, 2.75) is 41.2 Å². The number of nitrogens with zero attached hydrogens (tertiary/aromatic N) is 2. The average molecular weight is 363 g/mol. The molecule has 0 atom stereocenters. The van der Waals surface area contributed by atoms with Gasteiger partial charge in [0.25, 0.3) is 0 Å². The highest BCUT2D eigenvalue weighted by molar-refractivity contribution is 7.16. The number of esters is 1. The molecule has 0 aliphatic carbocycles. The number of hydrogen-bond donors (Lipinski definition) is 1. The highest BCUT2D eigenvalue weighted by Gasteiger charge is 2.27. The van der Waals surface area contributed by atoms with Crippen molar-refractivity contribution in [3.8, 4) is 0 Å². The topological polar surface area (TPSA) is 95.2 Å². The van der Waals surface area contributed by atoms with Crippen LogP contribution in [-0.2, 0) is 16.1 Å². The second-order valence-electron chi connectivity index (χ2n) is 6.63. The lowest BCUT2D eigenvalue weighted by Crippen LogP contribution is -2.33. The van der Waals surface area contributed by atoms with Gasteiger partial charge in [0.2, 0.25) is 5.91 Å². The van der Waals surface area contributed by atoms with E-state index >= 15 is 0 Å². The Morgan fingerprint density at radius 1 is 1.36 bits per heavy atom. The third-order valence-electron chi connectivity index (χ3n) is 3.62. The molecule has 2 aromatic rings. The second-order valence-corrected chi connectivity index (χ2v) is 7.85. The van der Waals surface area contributed by atoms with Crippen molar-refractivity contribution < 1.29 is 19.1 Å². The fourth-order valence-electron chi connectivity index (χ4n) is 1.94. The first-order valence-corrected chi connectivity index (χ1v) is 8.54. The van der Waals surface area contributed by atoms with E-state index in [1.54, 1.807) is 27.7 Å². The number of aryl methyl sites for hydroxylation is 1. The van der Waals surface area contributed by atoms with Crippen LogP contribution in [0.25, 0.3) is 0 Å². The SMILES string of the molecule is Cc1sc(NC(=O)C(C)(C)C)c(C(=O)OCc2nccc[n+]2[O-])c1C. The van der Waals surface area contributed by atoms with E-state index in [0.717, 1.165) is 10.4 Å². The highest BCUT2D eigenvalue weighted by Crippen LogP contribution is 2.34. The Morgan fingerprint density at radius 2 is 2.04 bits per heavy atom. The molecule has 134 valence electrons. The number of amides is 1. The van der Waals surface area contributed by atoms with Gasteiger partial charge >= 0.3 is 11.8 Å². The average Bonchev–Trinajstić information content (AvgIpc) is 2.80. The standard InChI is InChI=1S/C17H21N3O4S/c1-10-11(2)25-14(19-16(22)17(3,4)5)13(10)15(21)24-9-12-18-7-6-8-20(12)23/h6-8H,9H2,1-5H3,(H,19,22). The maximum absolute atomic E-state index is 12.5. The first-order valence-electron chi connectivity index (χ1n) is 7.73. The molecule has 0 spiro atoms. The lowest BCUT2D eigenvalue weighted by atomic mass is 9.96. The van der Waals surface area contributed by atoms with Crippen molar-refractivity contribution in [2.75, 3.05) is 5.32 Å². The molecule has 7 nitrogen and oxygen atoms in total. The zero-order valence-electron chi connectivity index (χ0n) is 14.9. The molecular formula is C17H21N3O4S. The van der Waals surface area contributed by atoms with Crippen molar-refractivity contribution in [1.82, 2.24) is 4.98 Å². The number of anilines is 1. The van der Waals surface area contributed by atoms with Crippen LogP contribution in [0.3, 0.4) is 0 Å². The summed E-state index contributed by atoms with van der Waals surface area (Å²) in [7, 11) is 0. The lowest BCUT2D eigenvalue weighted by Gasteiger charge is -2.17. The zero-order valence-corrected chi connectivity index (χ0v) is 15.7. The summed E-state index contributed by atoms with van der Waals surface area (Å²) in [6.45, 7) is 8.80. The summed E-state index contributed by atoms with van der Waals surface area (Å²) in [5, 5.41) is 14.8. The maximum Gasteiger partial charge on any atom is 0.342 e. The Bertz CT molecular complexity index is 809. The van der Waals surface area contributed by atoms with Crippen LogP contribution in [0.1, 0.15) is 47.4 Å². The Balaban J connectivity index is 2.21. The van der Waals surface area contributed by atoms with E-state index in [1.807, 2.05) is 6.92 Å². The van der Waals surface area contributed by atoms with E-state index in [4.69, 9.17) is 4.74 Å². The number of carbonyl (C=O) groups excluding carboxylic acids is 2. The van der Waals surface area contributed by atoms with Gasteiger partial charge in [0.05, 0.1) is 11.8 Å². The summed E-state index contributed by atoms with van der Waals surface area (Å²) in [6, 6.07) is 1.49. The molecule has 0 bridgehead atoms. The summed E-state index contributed by atoms with van der Waals surface area (Å²) in [4.78, 5) is 29.5. The quantitative estimate of drug-likeness (QED) is 0.512. The first-order chi connectivity index (χ1) is 11.6. The minimum absolute atomic E-state index is 0.0840. The molecule has 0 fully saturated rings. The Kier molecular flexibility index (Phi) is 5.42. The van der Waals surface area contributed by atoms with Gasteiger partial charge in [0, 0.05) is 16.4 Å². The van der Waals surface area contributed by atoms with Gasteiger partial charge in [0.1, 0.15) is 11.2 Å². The number of nitrogens with one attached hydrogen (secondary N) is 1. The molecule has 0 unspecified atom stereocenters. The number of ether oxygens (including phenoxy) is 1. The van der Waals surface area contributed by atoms with Gasteiger partial charge in [-0.2, -0.15) is 0 Å². The molecule has 0 saturated carbocycles. The third-order valence-corrected chi connectivity index (χ3v) is 4.74. The first kappa shape index (κ1) is 18.9. The molecule has 2 heterocycles. The number of rotatable bonds is 4. The van der Waals surface area contributed by atoms with Crippen LogP contribution >= 0.6 is 11.3 Å². The Hall–Kier alpha value is -2.48.